The van der Waals surface area contributed by atoms with Crippen molar-refractivity contribution in [3.05, 3.63) is 36.2 Å². The van der Waals surface area contributed by atoms with Gasteiger partial charge in [0.1, 0.15) is 4.90 Å². The van der Waals surface area contributed by atoms with Crippen molar-refractivity contribution in [3.8, 4) is 0 Å². The third kappa shape index (κ3) is 2.98. The maximum atomic E-state index is 12.1. The molecule has 108 valence electrons. The Bertz CT molecular complexity index is 840. The minimum Gasteiger partial charge on any atom is -0.281 e. The summed E-state index contributed by atoms with van der Waals surface area (Å²) in [6.07, 6.45) is 1.17. The molecule has 0 aliphatic rings. The molecule has 1 aromatic heterocycles. The van der Waals surface area contributed by atoms with Crippen molar-refractivity contribution in [2.75, 3.05) is 4.72 Å². The highest BCUT2D eigenvalue weighted by Crippen LogP contribution is 2.19. The first-order chi connectivity index (χ1) is 9.20. The van der Waals surface area contributed by atoms with E-state index in [0.29, 0.717) is 5.69 Å². The van der Waals surface area contributed by atoms with Crippen molar-refractivity contribution in [1.82, 2.24) is 10.2 Å². The molecule has 0 atom stereocenters. The summed E-state index contributed by atoms with van der Waals surface area (Å²) in [6, 6.07) is 5.22. The first-order valence-electron chi connectivity index (χ1n) is 5.36. The van der Waals surface area contributed by atoms with Crippen LogP contribution in [0.25, 0.3) is 0 Å². The highest BCUT2D eigenvalue weighted by molar-refractivity contribution is 7.92. The minimum atomic E-state index is -3.90. The van der Waals surface area contributed by atoms with Gasteiger partial charge in [0, 0.05) is 0 Å². The fourth-order valence-electron chi connectivity index (χ4n) is 1.56. The summed E-state index contributed by atoms with van der Waals surface area (Å²) >= 11 is 0. The van der Waals surface area contributed by atoms with Gasteiger partial charge in [-0.3, -0.25) is 9.82 Å². The number of aromatic nitrogens is 2. The normalized spacial score (nSPS) is 12.3. The Kier molecular flexibility index (Phi) is 3.54. The van der Waals surface area contributed by atoms with Gasteiger partial charge in [0.2, 0.25) is 10.0 Å². The van der Waals surface area contributed by atoms with Gasteiger partial charge in [-0.05, 0) is 25.1 Å². The van der Waals surface area contributed by atoms with Crippen molar-refractivity contribution in [2.45, 2.75) is 16.7 Å². The number of nitrogens with zero attached hydrogens (tertiary/aromatic N) is 1. The van der Waals surface area contributed by atoms with Crippen LogP contribution in [0.15, 0.2) is 40.3 Å². The summed E-state index contributed by atoms with van der Waals surface area (Å²) in [5.74, 6) is 0. The number of hydrogen-bond acceptors (Lipinski definition) is 5. The summed E-state index contributed by atoms with van der Waals surface area (Å²) in [7, 11) is -7.74. The van der Waals surface area contributed by atoms with Crippen LogP contribution in [0, 0.1) is 6.92 Å². The predicted molar refractivity (Wildman–Crippen MR) is 71.9 cm³/mol. The van der Waals surface area contributed by atoms with Crippen LogP contribution in [-0.2, 0) is 20.0 Å². The topological polar surface area (TPSA) is 135 Å². The van der Waals surface area contributed by atoms with Gasteiger partial charge in [-0.15, -0.1) is 0 Å². The van der Waals surface area contributed by atoms with E-state index < -0.39 is 20.0 Å². The number of rotatable bonds is 4. The Balaban J connectivity index is 2.38. The van der Waals surface area contributed by atoms with Crippen LogP contribution in [0.2, 0.25) is 0 Å². The first kappa shape index (κ1) is 14.5. The van der Waals surface area contributed by atoms with Gasteiger partial charge in [0.15, 0.2) is 0 Å². The molecule has 0 aliphatic heterocycles. The van der Waals surface area contributed by atoms with Gasteiger partial charge >= 0.3 is 0 Å². The van der Waals surface area contributed by atoms with E-state index in [2.05, 4.69) is 14.9 Å². The molecule has 0 amide bonds. The smallest absolute Gasteiger partial charge is 0.265 e. The predicted octanol–water partition coefficient (Wildman–Crippen LogP) is 0.166. The van der Waals surface area contributed by atoms with Gasteiger partial charge in [-0.25, -0.2) is 22.0 Å². The molecule has 0 saturated heterocycles. The monoisotopic (exact) mass is 316 g/mol. The second-order valence-electron chi connectivity index (χ2n) is 4.04. The van der Waals surface area contributed by atoms with E-state index in [9.17, 15) is 16.8 Å². The standard InChI is InChI=1S/C10H12N4O4S2/c1-7-10(6-12-13-7)20(17,18)14-8-3-2-4-9(5-8)19(11,15)16/h2-6,14H,1H3,(H,12,13)(H2,11,15,16). The molecule has 0 unspecified atom stereocenters. The van der Waals surface area contributed by atoms with Crippen molar-refractivity contribution in [1.29, 1.82) is 0 Å². The van der Waals surface area contributed by atoms with Crippen molar-refractivity contribution < 1.29 is 16.8 Å². The molecule has 0 radical (unpaired) electrons. The molecule has 2 rings (SSSR count). The summed E-state index contributed by atoms with van der Waals surface area (Å²) < 4.78 is 48.9. The quantitative estimate of drug-likeness (QED) is 0.738. The van der Waals surface area contributed by atoms with E-state index in [0.717, 1.165) is 6.07 Å². The highest BCUT2D eigenvalue weighted by atomic mass is 32.2. The molecule has 4 N–H and O–H groups in total. The third-order valence-corrected chi connectivity index (χ3v) is 4.89. The summed E-state index contributed by atoms with van der Waals surface area (Å²) in [6.45, 7) is 1.56. The Morgan fingerprint density at radius 1 is 1.25 bits per heavy atom. The lowest BCUT2D eigenvalue weighted by Crippen LogP contribution is -2.15. The average Bonchev–Trinajstić information content (AvgIpc) is 2.75. The largest absolute Gasteiger partial charge is 0.281 e. The van der Waals surface area contributed by atoms with Crippen LogP contribution < -0.4 is 9.86 Å². The highest BCUT2D eigenvalue weighted by Gasteiger charge is 2.19. The zero-order valence-electron chi connectivity index (χ0n) is 10.4. The van der Waals surface area contributed by atoms with Crippen LogP contribution in [0.3, 0.4) is 0 Å². The number of aryl methyl sites for hydroxylation is 1. The van der Waals surface area contributed by atoms with E-state index in [1.54, 1.807) is 6.92 Å². The van der Waals surface area contributed by atoms with Crippen LogP contribution in [0.5, 0.6) is 0 Å². The molecule has 0 bridgehead atoms. The summed E-state index contributed by atoms with van der Waals surface area (Å²) in [5, 5.41) is 11.1. The van der Waals surface area contributed by atoms with Gasteiger partial charge < -0.3 is 0 Å². The SMILES string of the molecule is Cc1[nH]ncc1S(=O)(=O)Nc1cccc(S(N)(=O)=O)c1. The van der Waals surface area contributed by atoms with Crippen molar-refractivity contribution in [2.24, 2.45) is 5.14 Å². The molecule has 1 heterocycles. The van der Waals surface area contributed by atoms with Gasteiger partial charge in [-0.2, -0.15) is 5.10 Å². The lowest BCUT2D eigenvalue weighted by Gasteiger charge is -2.08. The Morgan fingerprint density at radius 2 is 1.95 bits per heavy atom. The van der Waals surface area contributed by atoms with E-state index in [4.69, 9.17) is 5.14 Å². The van der Waals surface area contributed by atoms with Crippen LogP contribution >= 0.6 is 0 Å². The van der Waals surface area contributed by atoms with Gasteiger partial charge in [-0.1, -0.05) is 6.07 Å². The Morgan fingerprint density at radius 3 is 2.50 bits per heavy atom. The van der Waals surface area contributed by atoms with Gasteiger partial charge in [0.05, 0.1) is 22.5 Å². The molecule has 0 spiro atoms. The molecule has 2 aromatic rings. The zero-order valence-corrected chi connectivity index (χ0v) is 12.0. The maximum Gasteiger partial charge on any atom is 0.265 e. The number of nitrogens with two attached hydrogens (primary N) is 1. The number of nitrogens with one attached hydrogen (secondary N) is 2. The molecule has 0 aliphatic carbocycles. The molecule has 0 saturated carbocycles. The third-order valence-electron chi connectivity index (χ3n) is 2.49. The molecular weight excluding hydrogens is 304 g/mol. The number of anilines is 1. The molecule has 20 heavy (non-hydrogen) atoms. The number of hydrogen-bond donors (Lipinski definition) is 3. The minimum absolute atomic E-state index is 0.0153. The number of aromatic amines is 1. The number of sulfonamides is 2. The molecule has 0 fully saturated rings. The Hall–Kier alpha value is -1.91. The number of H-pyrrole nitrogens is 1. The second kappa shape index (κ2) is 4.89. The van der Waals surface area contributed by atoms with Crippen LogP contribution in [0.4, 0.5) is 5.69 Å². The number of benzene rings is 1. The molecule has 8 nitrogen and oxygen atoms in total. The molecule has 1 aromatic carbocycles. The van der Waals surface area contributed by atoms with Gasteiger partial charge in [0.25, 0.3) is 10.0 Å². The van der Waals surface area contributed by atoms with E-state index in [-0.39, 0.29) is 15.5 Å². The average molecular weight is 316 g/mol. The summed E-state index contributed by atoms with van der Waals surface area (Å²) in [4.78, 5) is -0.194. The fourth-order valence-corrected chi connectivity index (χ4v) is 3.30. The van der Waals surface area contributed by atoms with Crippen molar-refractivity contribution in [3.63, 3.8) is 0 Å². The van der Waals surface area contributed by atoms with E-state index >= 15 is 0 Å². The van der Waals surface area contributed by atoms with Crippen LogP contribution in [-0.4, -0.2) is 27.0 Å². The van der Waals surface area contributed by atoms with Crippen LogP contribution in [0.1, 0.15) is 5.69 Å². The maximum absolute atomic E-state index is 12.1. The molecular formula is C10H12N4O4S2. The van der Waals surface area contributed by atoms with E-state index in [1.165, 1.54) is 24.4 Å². The number of primary sulfonamides is 1. The Labute approximate surface area is 116 Å². The zero-order chi connectivity index (χ0) is 15.0. The fraction of sp³-hybridized carbons (Fsp3) is 0.100. The lowest BCUT2D eigenvalue weighted by atomic mass is 10.3. The first-order valence-corrected chi connectivity index (χ1v) is 8.39. The lowest BCUT2D eigenvalue weighted by molar-refractivity contribution is 0.596. The van der Waals surface area contributed by atoms with E-state index in [1.807, 2.05) is 0 Å². The second-order valence-corrected chi connectivity index (χ2v) is 7.25. The molecule has 10 heteroatoms. The summed E-state index contributed by atoms with van der Waals surface area (Å²) in [5.41, 5.74) is 0.470. The van der Waals surface area contributed by atoms with Crippen molar-refractivity contribution >= 4 is 25.7 Å².